The molecule has 1 aliphatic rings. The molecule has 0 radical (unpaired) electrons. The highest BCUT2D eigenvalue weighted by atomic mass is 79.9. The lowest BCUT2D eigenvalue weighted by molar-refractivity contribution is 0.0976. The predicted molar refractivity (Wildman–Crippen MR) is 95.4 cm³/mol. The molecular formula is C16H21BrN2O2S. The van der Waals surface area contributed by atoms with Crippen LogP contribution in [0.25, 0.3) is 0 Å². The van der Waals surface area contributed by atoms with Crippen LogP contribution in [0.3, 0.4) is 0 Å². The summed E-state index contributed by atoms with van der Waals surface area (Å²) in [6.07, 6.45) is 5.97. The van der Waals surface area contributed by atoms with E-state index in [1.165, 1.54) is 19.3 Å². The minimum absolute atomic E-state index is 0.211. The normalized spacial score (nSPS) is 15.2. The number of ether oxygens (including phenoxy) is 1. The van der Waals surface area contributed by atoms with E-state index < -0.39 is 0 Å². The van der Waals surface area contributed by atoms with E-state index in [4.69, 9.17) is 17.0 Å². The van der Waals surface area contributed by atoms with Gasteiger partial charge in [-0.1, -0.05) is 19.3 Å². The Morgan fingerprint density at radius 3 is 2.73 bits per heavy atom. The van der Waals surface area contributed by atoms with Gasteiger partial charge in [-0.15, -0.1) is 0 Å². The lowest BCUT2D eigenvalue weighted by atomic mass is 9.96. The number of thiocarbonyl (C=S) groups is 1. The number of hydrogen-bond donors (Lipinski definition) is 2. The zero-order valence-corrected chi connectivity index (χ0v) is 15.1. The lowest BCUT2D eigenvalue weighted by Gasteiger charge is -2.24. The Morgan fingerprint density at radius 1 is 1.36 bits per heavy atom. The summed E-state index contributed by atoms with van der Waals surface area (Å²) >= 11 is 8.64. The van der Waals surface area contributed by atoms with E-state index in [0.717, 1.165) is 23.1 Å². The third-order valence-corrected chi connectivity index (χ3v) is 4.50. The molecule has 120 valence electrons. The maximum Gasteiger partial charge on any atom is 0.257 e. The van der Waals surface area contributed by atoms with Crippen molar-refractivity contribution in [2.24, 2.45) is 0 Å². The van der Waals surface area contributed by atoms with Crippen molar-refractivity contribution in [2.75, 3.05) is 6.61 Å². The average molecular weight is 385 g/mol. The van der Waals surface area contributed by atoms with Crippen LogP contribution in [0.1, 0.15) is 49.4 Å². The van der Waals surface area contributed by atoms with E-state index in [9.17, 15) is 4.79 Å². The van der Waals surface area contributed by atoms with E-state index in [2.05, 4.69) is 26.6 Å². The fourth-order valence-electron chi connectivity index (χ4n) is 2.56. The van der Waals surface area contributed by atoms with Gasteiger partial charge >= 0.3 is 0 Å². The number of carbonyl (C=O) groups is 1. The van der Waals surface area contributed by atoms with Crippen LogP contribution < -0.4 is 15.4 Å². The molecule has 1 aromatic rings. The van der Waals surface area contributed by atoms with Crippen molar-refractivity contribution in [1.29, 1.82) is 0 Å². The Kier molecular flexibility index (Phi) is 6.64. The topological polar surface area (TPSA) is 50.4 Å². The van der Waals surface area contributed by atoms with Gasteiger partial charge in [-0.3, -0.25) is 10.1 Å². The molecule has 1 amide bonds. The van der Waals surface area contributed by atoms with Gasteiger partial charge in [0.25, 0.3) is 5.91 Å². The van der Waals surface area contributed by atoms with E-state index in [0.29, 0.717) is 23.3 Å². The molecule has 6 heteroatoms. The Morgan fingerprint density at radius 2 is 2.09 bits per heavy atom. The Labute approximate surface area is 145 Å². The zero-order chi connectivity index (χ0) is 15.9. The van der Waals surface area contributed by atoms with Crippen molar-refractivity contribution in [2.45, 2.75) is 45.1 Å². The molecule has 22 heavy (non-hydrogen) atoms. The van der Waals surface area contributed by atoms with Crippen molar-refractivity contribution in [3.63, 3.8) is 0 Å². The molecule has 0 heterocycles. The maximum absolute atomic E-state index is 12.2. The second-order valence-electron chi connectivity index (χ2n) is 5.34. The minimum Gasteiger partial charge on any atom is -0.493 e. The number of nitrogens with one attached hydrogen (secondary N) is 2. The molecule has 0 atom stereocenters. The van der Waals surface area contributed by atoms with Crippen LogP contribution in [0, 0.1) is 0 Å². The van der Waals surface area contributed by atoms with Crippen molar-refractivity contribution >= 4 is 39.2 Å². The molecule has 1 fully saturated rings. The van der Waals surface area contributed by atoms with Crippen LogP contribution in [0.15, 0.2) is 22.7 Å². The Bertz CT molecular complexity index is 545. The summed E-state index contributed by atoms with van der Waals surface area (Å²) < 4.78 is 6.19. The lowest BCUT2D eigenvalue weighted by Crippen LogP contribution is -2.45. The molecule has 2 rings (SSSR count). The highest BCUT2D eigenvalue weighted by Gasteiger charge is 2.16. The van der Waals surface area contributed by atoms with Gasteiger partial charge in [0, 0.05) is 11.6 Å². The maximum atomic E-state index is 12.2. The molecule has 1 aliphatic carbocycles. The third-order valence-electron chi connectivity index (χ3n) is 3.66. The number of amides is 1. The highest BCUT2D eigenvalue weighted by Crippen LogP contribution is 2.26. The van der Waals surface area contributed by atoms with Crippen LogP contribution in [0.2, 0.25) is 0 Å². The molecule has 0 unspecified atom stereocenters. The van der Waals surface area contributed by atoms with Gasteiger partial charge in [-0.2, -0.15) is 0 Å². The number of rotatable bonds is 4. The first-order valence-electron chi connectivity index (χ1n) is 7.64. The molecule has 1 aromatic carbocycles. The van der Waals surface area contributed by atoms with Crippen LogP contribution in [0.5, 0.6) is 5.75 Å². The summed E-state index contributed by atoms with van der Waals surface area (Å²) in [5, 5.41) is 6.38. The van der Waals surface area contributed by atoms with Gasteiger partial charge in [0.15, 0.2) is 5.11 Å². The van der Waals surface area contributed by atoms with Crippen molar-refractivity contribution in [1.82, 2.24) is 10.6 Å². The fourth-order valence-corrected chi connectivity index (χ4v) is 3.31. The second-order valence-corrected chi connectivity index (χ2v) is 6.60. The molecule has 0 aromatic heterocycles. The molecule has 0 aliphatic heterocycles. The van der Waals surface area contributed by atoms with Gasteiger partial charge in [0.2, 0.25) is 0 Å². The van der Waals surface area contributed by atoms with E-state index >= 15 is 0 Å². The predicted octanol–water partition coefficient (Wildman–Crippen LogP) is 3.78. The standard InChI is InChI=1S/C16H21BrN2O2S/c1-2-21-14-9-8-11(10-13(14)17)15(20)19-16(22)18-12-6-4-3-5-7-12/h8-10,12H,2-7H2,1H3,(H2,18,19,20,22). The molecule has 2 N–H and O–H groups in total. The van der Waals surface area contributed by atoms with E-state index in [1.807, 2.05) is 6.92 Å². The summed E-state index contributed by atoms with van der Waals surface area (Å²) in [5.74, 6) is 0.513. The first kappa shape index (κ1) is 17.2. The monoisotopic (exact) mass is 384 g/mol. The first-order chi connectivity index (χ1) is 10.6. The fraction of sp³-hybridized carbons (Fsp3) is 0.500. The van der Waals surface area contributed by atoms with Gasteiger partial charge in [0.05, 0.1) is 11.1 Å². The summed E-state index contributed by atoms with van der Waals surface area (Å²) in [5.41, 5.74) is 0.545. The SMILES string of the molecule is CCOc1ccc(C(=O)NC(=S)NC2CCCCC2)cc1Br. The quantitative estimate of drug-likeness (QED) is 0.775. The first-order valence-corrected chi connectivity index (χ1v) is 8.84. The number of halogens is 1. The Balaban J connectivity index is 1.90. The third kappa shape index (κ3) is 4.95. The van der Waals surface area contributed by atoms with Crippen LogP contribution in [0.4, 0.5) is 0 Å². The number of carbonyl (C=O) groups excluding carboxylic acids is 1. The summed E-state index contributed by atoms with van der Waals surface area (Å²) in [4.78, 5) is 12.2. The molecule has 1 saturated carbocycles. The van der Waals surface area contributed by atoms with Crippen molar-refractivity contribution in [3.05, 3.63) is 28.2 Å². The molecule has 0 saturated heterocycles. The molecule has 4 nitrogen and oxygen atoms in total. The second kappa shape index (κ2) is 8.48. The van der Waals surface area contributed by atoms with Crippen LogP contribution in [-0.4, -0.2) is 23.7 Å². The van der Waals surface area contributed by atoms with E-state index in [1.54, 1.807) is 18.2 Å². The average Bonchev–Trinajstić information content (AvgIpc) is 2.50. The summed E-state index contributed by atoms with van der Waals surface area (Å²) in [7, 11) is 0. The number of benzene rings is 1. The van der Waals surface area contributed by atoms with Crippen molar-refractivity contribution < 1.29 is 9.53 Å². The van der Waals surface area contributed by atoms with Gasteiger partial charge in [-0.25, -0.2) is 0 Å². The zero-order valence-electron chi connectivity index (χ0n) is 12.7. The number of hydrogen-bond acceptors (Lipinski definition) is 3. The largest absolute Gasteiger partial charge is 0.493 e. The van der Waals surface area contributed by atoms with Gasteiger partial charge < -0.3 is 10.1 Å². The summed E-state index contributed by atoms with van der Waals surface area (Å²) in [6.45, 7) is 2.50. The molecule has 0 spiro atoms. The van der Waals surface area contributed by atoms with E-state index in [-0.39, 0.29) is 5.91 Å². The van der Waals surface area contributed by atoms with Crippen LogP contribution in [-0.2, 0) is 0 Å². The van der Waals surface area contributed by atoms with Gasteiger partial charge in [0.1, 0.15) is 5.75 Å². The van der Waals surface area contributed by atoms with Crippen molar-refractivity contribution in [3.8, 4) is 5.75 Å². The highest BCUT2D eigenvalue weighted by molar-refractivity contribution is 9.10. The Hall–Kier alpha value is -1.14. The molecular weight excluding hydrogens is 364 g/mol. The smallest absolute Gasteiger partial charge is 0.257 e. The van der Waals surface area contributed by atoms with Crippen LogP contribution >= 0.6 is 28.1 Å². The minimum atomic E-state index is -0.211. The summed E-state index contributed by atoms with van der Waals surface area (Å²) in [6, 6.07) is 5.63. The molecule has 0 bridgehead atoms. The van der Waals surface area contributed by atoms with Gasteiger partial charge in [-0.05, 0) is 66.1 Å².